The SMILES string of the molecule is c1ccc(-c2nccc(-n3c4ccccc4c4ccc5cc6ccn(-c7ccccc7)c6cc5c43)n2)cc1. The minimum absolute atomic E-state index is 0.717. The Balaban J connectivity index is 1.48. The lowest BCUT2D eigenvalue weighted by atomic mass is 10.0. The fourth-order valence-corrected chi connectivity index (χ4v) is 5.67. The Kier molecular flexibility index (Phi) is 4.49. The van der Waals surface area contributed by atoms with E-state index in [1.165, 1.54) is 32.4 Å². The van der Waals surface area contributed by atoms with Crippen molar-refractivity contribution in [2.45, 2.75) is 0 Å². The van der Waals surface area contributed by atoms with Gasteiger partial charge in [0.05, 0.1) is 16.6 Å². The molecule has 3 heterocycles. The normalized spacial score (nSPS) is 11.7. The summed E-state index contributed by atoms with van der Waals surface area (Å²) in [6.45, 7) is 0. The smallest absolute Gasteiger partial charge is 0.161 e. The van der Waals surface area contributed by atoms with Gasteiger partial charge in [0.15, 0.2) is 5.82 Å². The van der Waals surface area contributed by atoms with Crippen LogP contribution in [-0.4, -0.2) is 19.1 Å². The van der Waals surface area contributed by atoms with Crippen molar-refractivity contribution in [3.05, 3.63) is 134 Å². The molecule has 0 unspecified atom stereocenters. The number of hydrogen-bond acceptors (Lipinski definition) is 2. The molecule has 4 heteroatoms. The second-order valence-corrected chi connectivity index (χ2v) is 9.57. The molecule has 0 atom stereocenters. The number of hydrogen-bond donors (Lipinski definition) is 0. The second-order valence-electron chi connectivity index (χ2n) is 9.57. The van der Waals surface area contributed by atoms with E-state index < -0.39 is 0 Å². The Labute approximate surface area is 219 Å². The minimum atomic E-state index is 0.717. The Morgan fingerprint density at radius 1 is 0.553 bits per heavy atom. The van der Waals surface area contributed by atoms with Crippen molar-refractivity contribution in [1.29, 1.82) is 0 Å². The first kappa shape index (κ1) is 20.9. The standard InChI is InChI=1S/C34H22N4/c1-3-9-23(10-4-1)34-35-19-17-32(36-34)38-30-14-8-7-13-27(30)28-16-15-24-21-25-18-20-37(26-11-5-2-6-12-26)31(25)22-29(24)33(28)38/h1-22H. The predicted molar refractivity (Wildman–Crippen MR) is 156 cm³/mol. The minimum Gasteiger partial charge on any atom is -0.317 e. The van der Waals surface area contributed by atoms with Crippen LogP contribution in [0.2, 0.25) is 0 Å². The molecule has 0 spiro atoms. The van der Waals surface area contributed by atoms with E-state index in [1.54, 1.807) is 0 Å². The van der Waals surface area contributed by atoms with Crippen LogP contribution in [-0.2, 0) is 0 Å². The first-order valence-electron chi connectivity index (χ1n) is 12.8. The third-order valence-electron chi connectivity index (χ3n) is 7.40. The van der Waals surface area contributed by atoms with E-state index in [1.807, 2.05) is 30.5 Å². The first-order chi connectivity index (χ1) is 18.8. The summed E-state index contributed by atoms with van der Waals surface area (Å²) in [4.78, 5) is 9.65. The van der Waals surface area contributed by atoms with E-state index in [4.69, 9.17) is 4.98 Å². The lowest BCUT2D eigenvalue weighted by Crippen LogP contribution is -2.00. The topological polar surface area (TPSA) is 35.6 Å². The Morgan fingerprint density at radius 3 is 2.21 bits per heavy atom. The fourth-order valence-electron chi connectivity index (χ4n) is 5.67. The molecule has 0 aliphatic rings. The molecular formula is C34H22N4. The van der Waals surface area contributed by atoms with Crippen LogP contribution in [0.5, 0.6) is 0 Å². The molecule has 0 radical (unpaired) electrons. The number of benzene rings is 5. The third-order valence-corrected chi connectivity index (χ3v) is 7.40. The molecular weight excluding hydrogens is 464 g/mol. The van der Waals surface area contributed by atoms with Gasteiger partial charge < -0.3 is 4.57 Å². The molecule has 4 nitrogen and oxygen atoms in total. The Morgan fingerprint density at radius 2 is 1.34 bits per heavy atom. The summed E-state index contributed by atoms with van der Waals surface area (Å²) in [5, 5.41) is 6.05. The molecule has 178 valence electrons. The average molecular weight is 487 g/mol. The highest BCUT2D eigenvalue weighted by Crippen LogP contribution is 2.38. The lowest BCUT2D eigenvalue weighted by molar-refractivity contribution is 1.05. The molecule has 5 aromatic carbocycles. The van der Waals surface area contributed by atoms with Gasteiger partial charge in [0.1, 0.15) is 5.82 Å². The van der Waals surface area contributed by atoms with Gasteiger partial charge >= 0.3 is 0 Å². The largest absolute Gasteiger partial charge is 0.317 e. The van der Waals surface area contributed by atoms with Crippen LogP contribution in [0.15, 0.2) is 134 Å². The van der Waals surface area contributed by atoms with E-state index in [0.717, 1.165) is 33.9 Å². The van der Waals surface area contributed by atoms with Crippen LogP contribution < -0.4 is 0 Å². The van der Waals surface area contributed by atoms with Crippen molar-refractivity contribution >= 4 is 43.5 Å². The summed E-state index contributed by atoms with van der Waals surface area (Å²) in [6, 6.07) is 42.5. The van der Waals surface area contributed by atoms with E-state index in [-0.39, 0.29) is 0 Å². The van der Waals surface area contributed by atoms with Crippen molar-refractivity contribution in [2.24, 2.45) is 0 Å². The molecule has 0 bridgehead atoms. The molecule has 0 saturated heterocycles. The second kappa shape index (κ2) is 8.15. The third kappa shape index (κ3) is 3.10. The number of rotatable bonds is 3. The van der Waals surface area contributed by atoms with Crippen molar-refractivity contribution < 1.29 is 0 Å². The zero-order chi connectivity index (χ0) is 25.1. The number of fused-ring (bicyclic) bond motifs is 6. The maximum absolute atomic E-state index is 5.06. The van der Waals surface area contributed by atoms with Gasteiger partial charge in [0.2, 0.25) is 0 Å². The molecule has 38 heavy (non-hydrogen) atoms. The van der Waals surface area contributed by atoms with Gasteiger partial charge in [-0.2, -0.15) is 0 Å². The summed E-state index contributed by atoms with van der Waals surface area (Å²) in [6.07, 6.45) is 4.01. The molecule has 8 aromatic rings. The van der Waals surface area contributed by atoms with Gasteiger partial charge in [-0.25, -0.2) is 9.97 Å². The number of nitrogens with zero attached hydrogens (tertiary/aromatic N) is 4. The van der Waals surface area contributed by atoms with Crippen LogP contribution in [0.4, 0.5) is 0 Å². The summed E-state index contributed by atoms with van der Waals surface area (Å²) in [7, 11) is 0. The van der Waals surface area contributed by atoms with Gasteiger partial charge in [-0.3, -0.25) is 4.57 Å². The van der Waals surface area contributed by atoms with Crippen LogP contribution >= 0.6 is 0 Å². The van der Waals surface area contributed by atoms with Crippen LogP contribution in [0.25, 0.3) is 66.4 Å². The summed E-state index contributed by atoms with van der Waals surface area (Å²) >= 11 is 0. The highest BCUT2D eigenvalue weighted by atomic mass is 15.1. The summed E-state index contributed by atoms with van der Waals surface area (Å²) in [5.74, 6) is 1.57. The van der Waals surface area contributed by atoms with Crippen LogP contribution in [0.3, 0.4) is 0 Å². The van der Waals surface area contributed by atoms with Gasteiger partial charge in [-0.1, -0.05) is 78.9 Å². The zero-order valence-corrected chi connectivity index (χ0v) is 20.5. The molecule has 0 aliphatic carbocycles. The monoisotopic (exact) mass is 486 g/mol. The summed E-state index contributed by atoms with van der Waals surface area (Å²) in [5.41, 5.74) is 5.62. The maximum atomic E-state index is 5.06. The van der Waals surface area contributed by atoms with Gasteiger partial charge in [-0.05, 0) is 47.9 Å². The van der Waals surface area contributed by atoms with Crippen molar-refractivity contribution in [1.82, 2.24) is 19.1 Å². The highest BCUT2D eigenvalue weighted by Gasteiger charge is 2.17. The van der Waals surface area contributed by atoms with E-state index in [9.17, 15) is 0 Å². The average Bonchev–Trinajstić information content (AvgIpc) is 3.56. The maximum Gasteiger partial charge on any atom is 0.161 e. The molecule has 8 rings (SSSR count). The van der Waals surface area contributed by atoms with E-state index in [2.05, 4.69) is 117 Å². The lowest BCUT2D eigenvalue weighted by Gasteiger charge is -2.11. The van der Waals surface area contributed by atoms with E-state index >= 15 is 0 Å². The zero-order valence-electron chi connectivity index (χ0n) is 20.5. The number of para-hydroxylation sites is 2. The molecule has 3 aromatic heterocycles. The van der Waals surface area contributed by atoms with Gasteiger partial charge in [0.25, 0.3) is 0 Å². The van der Waals surface area contributed by atoms with Crippen LogP contribution in [0, 0.1) is 0 Å². The molecule has 0 N–H and O–H groups in total. The van der Waals surface area contributed by atoms with Gasteiger partial charge in [0, 0.05) is 45.2 Å². The highest BCUT2D eigenvalue weighted by molar-refractivity contribution is 6.20. The van der Waals surface area contributed by atoms with Crippen molar-refractivity contribution in [3.8, 4) is 22.9 Å². The van der Waals surface area contributed by atoms with Gasteiger partial charge in [-0.15, -0.1) is 0 Å². The van der Waals surface area contributed by atoms with E-state index in [0.29, 0.717) is 0 Å². The first-order valence-corrected chi connectivity index (χ1v) is 12.8. The summed E-state index contributed by atoms with van der Waals surface area (Å²) < 4.78 is 4.56. The Bertz CT molecular complexity index is 2120. The fraction of sp³-hybridized carbons (Fsp3) is 0. The number of aromatic nitrogens is 4. The quantitative estimate of drug-likeness (QED) is 0.252. The molecule has 0 saturated carbocycles. The molecule has 0 fully saturated rings. The van der Waals surface area contributed by atoms with Crippen molar-refractivity contribution in [2.75, 3.05) is 0 Å². The van der Waals surface area contributed by atoms with Crippen molar-refractivity contribution in [3.63, 3.8) is 0 Å². The Hall–Kier alpha value is -5.22. The molecule has 0 aliphatic heterocycles. The van der Waals surface area contributed by atoms with Crippen LogP contribution in [0.1, 0.15) is 0 Å². The predicted octanol–water partition coefficient (Wildman–Crippen LogP) is 8.34. The molecule has 0 amide bonds.